The first kappa shape index (κ1) is 24.1. The van der Waals surface area contributed by atoms with Gasteiger partial charge in [-0.3, -0.25) is 4.99 Å². The van der Waals surface area contributed by atoms with E-state index in [1.807, 2.05) is 13.8 Å². The van der Waals surface area contributed by atoms with E-state index in [4.69, 9.17) is 4.74 Å². The zero-order valence-electron chi connectivity index (χ0n) is 14.2. The summed E-state index contributed by atoms with van der Waals surface area (Å²) in [7, 11) is -3.25. The maximum absolute atomic E-state index is 11.3. The number of sulfonamides is 1. The van der Waals surface area contributed by atoms with Gasteiger partial charge in [0.1, 0.15) is 0 Å². The third-order valence-corrected chi connectivity index (χ3v) is 3.32. The Kier molecular flexibility index (Phi) is 13.5. The number of aliphatic imine (C=N–C) groups is 1. The van der Waals surface area contributed by atoms with Gasteiger partial charge in [-0.1, -0.05) is 0 Å². The monoisotopic (exact) mass is 450 g/mol. The summed E-state index contributed by atoms with van der Waals surface area (Å²) in [5.41, 5.74) is -0.624. The van der Waals surface area contributed by atoms with Crippen LogP contribution in [0.4, 0.5) is 0 Å². The van der Waals surface area contributed by atoms with Gasteiger partial charge in [-0.15, -0.1) is 24.0 Å². The highest BCUT2D eigenvalue weighted by atomic mass is 127. The Morgan fingerprint density at radius 3 is 2.36 bits per heavy atom. The molecule has 22 heavy (non-hydrogen) atoms. The van der Waals surface area contributed by atoms with Crippen molar-refractivity contribution in [3.63, 3.8) is 0 Å². The second kappa shape index (κ2) is 12.3. The molecule has 0 heterocycles. The summed E-state index contributed by atoms with van der Waals surface area (Å²) in [6.45, 7) is 10.8. The Morgan fingerprint density at radius 1 is 1.23 bits per heavy atom. The number of hydrogen-bond acceptors (Lipinski definition) is 4. The van der Waals surface area contributed by atoms with Crippen LogP contribution in [0.2, 0.25) is 0 Å². The van der Waals surface area contributed by atoms with Crippen molar-refractivity contribution in [2.75, 3.05) is 39.1 Å². The molecule has 0 unspecified atom stereocenters. The first-order valence-corrected chi connectivity index (χ1v) is 9.18. The molecule has 0 saturated carbocycles. The maximum atomic E-state index is 11.3. The average molecular weight is 450 g/mol. The summed E-state index contributed by atoms with van der Waals surface area (Å²) in [4.78, 5) is 4.41. The zero-order valence-corrected chi connectivity index (χ0v) is 17.4. The van der Waals surface area contributed by atoms with Crippen LogP contribution in [-0.2, 0) is 14.8 Å². The van der Waals surface area contributed by atoms with Gasteiger partial charge >= 0.3 is 0 Å². The second-order valence-corrected chi connectivity index (χ2v) is 7.18. The highest BCUT2D eigenvalue weighted by Crippen LogP contribution is 2.04. The number of halogens is 1. The summed E-state index contributed by atoms with van der Waals surface area (Å²) in [6.07, 6.45) is 2.04. The Bertz CT molecular complexity index is 414. The van der Waals surface area contributed by atoms with E-state index in [-0.39, 0.29) is 24.0 Å². The van der Waals surface area contributed by atoms with Crippen LogP contribution in [0.1, 0.15) is 34.1 Å². The van der Waals surface area contributed by atoms with Crippen molar-refractivity contribution in [3.8, 4) is 0 Å². The Balaban J connectivity index is 0. The molecule has 0 aliphatic heterocycles. The summed E-state index contributed by atoms with van der Waals surface area (Å²) < 4.78 is 30.4. The number of hydrogen-bond donors (Lipinski definition) is 3. The van der Waals surface area contributed by atoms with Gasteiger partial charge in [0, 0.05) is 31.8 Å². The molecule has 0 aliphatic carbocycles. The molecule has 0 aromatic carbocycles. The van der Waals surface area contributed by atoms with Crippen LogP contribution in [0.5, 0.6) is 0 Å². The Morgan fingerprint density at radius 2 is 1.86 bits per heavy atom. The summed E-state index contributed by atoms with van der Waals surface area (Å²) in [6, 6.07) is 0. The van der Waals surface area contributed by atoms with Crippen LogP contribution < -0.4 is 15.4 Å². The quantitative estimate of drug-likeness (QED) is 0.199. The molecule has 0 radical (unpaired) electrons. The molecule has 134 valence electrons. The van der Waals surface area contributed by atoms with Gasteiger partial charge in [-0.05, 0) is 34.1 Å². The van der Waals surface area contributed by atoms with Gasteiger partial charge in [-0.25, -0.2) is 13.1 Å². The van der Waals surface area contributed by atoms with E-state index in [0.29, 0.717) is 19.1 Å². The predicted molar refractivity (Wildman–Crippen MR) is 103 cm³/mol. The molecule has 0 spiro atoms. The van der Waals surface area contributed by atoms with E-state index in [9.17, 15) is 8.42 Å². The van der Waals surface area contributed by atoms with Crippen molar-refractivity contribution in [1.29, 1.82) is 0 Å². The van der Waals surface area contributed by atoms with Crippen LogP contribution in [0.15, 0.2) is 4.99 Å². The molecule has 0 fully saturated rings. The molecule has 7 nitrogen and oxygen atoms in total. The van der Waals surface area contributed by atoms with Crippen LogP contribution in [0.25, 0.3) is 0 Å². The van der Waals surface area contributed by atoms with E-state index in [0.717, 1.165) is 32.4 Å². The van der Waals surface area contributed by atoms with Crippen LogP contribution in [0.3, 0.4) is 0 Å². The summed E-state index contributed by atoms with van der Waals surface area (Å²) in [5, 5.41) is 6.33. The largest absolute Gasteiger partial charge is 0.382 e. The van der Waals surface area contributed by atoms with Crippen molar-refractivity contribution in [3.05, 3.63) is 0 Å². The first-order chi connectivity index (χ1) is 9.70. The molecule has 3 N–H and O–H groups in total. The fourth-order valence-corrected chi connectivity index (χ4v) is 2.75. The van der Waals surface area contributed by atoms with E-state index < -0.39 is 15.6 Å². The van der Waals surface area contributed by atoms with Crippen molar-refractivity contribution >= 4 is 40.0 Å². The smallest absolute Gasteiger partial charge is 0.209 e. The summed E-state index contributed by atoms with van der Waals surface area (Å²) in [5.74, 6) is 0.678. The number of nitrogens with zero attached hydrogens (tertiary/aromatic N) is 1. The van der Waals surface area contributed by atoms with Crippen molar-refractivity contribution < 1.29 is 13.2 Å². The van der Waals surface area contributed by atoms with Crippen LogP contribution in [-0.4, -0.2) is 59.0 Å². The molecule has 0 bridgehead atoms. The van der Waals surface area contributed by atoms with Gasteiger partial charge in [0.2, 0.25) is 10.0 Å². The minimum absolute atomic E-state index is 0. The molecule has 0 atom stereocenters. The third-order valence-electron chi connectivity index (χ3n) is 2.40. The lowest BCUT2D eigenvalue weighted by molar-refractivity contribution is 0.145. The second-order valence-electron chi connectivity index (χ2n) is 5.43. The lowest BCUT2D eigenvalue weighted by Gasteiger charge is -2.23. The van der Waals surface area contributed by atoms with Gasteiger partial charge in [0.25, 0.3) is 0 Å². The fraction of sp³-hybridized carbons (Fsp3) is 0.923. The van der Waals surface area contributed by atoms with Crippen molar-refractivity contribution in [2.45, 2.75) is 39.7 Å². The van der Waals surface area contributed by atoms with Gasteiger partial charge in [0.15, 0.2) is 5.96 Å². The molecule has 0 saturated heterocycles. The first-order valence-electron chi connectivity index (χ1n) is 7.29. The molecular weight excluding hydrogens is 419 g/mol. The van der Waals surface area contributed by atoms with Gasteiger partial charge in [0.05, 0.1) is 12.8 Å². The van der Waals surface area contributed by atoms with E-state index in [2.05, 4.69) is 20.3 Å². The van der Waals surface area contributed by atoms with Crippen LogP contribution in [0, 0.1) is 0 Å². The molecule has 9 heteroatoms. The van der Waals surface area contributed by atoms with Crippen LogP contribution >= 0.6 is 24.0 Å². The lowest BCUT2D eigenvalue weighted by Crippen LogP contribution is -2.46. The lowest BCUT2D eigenvalue weighted by atomic mass is 10.1. The molecule has 0 aromatic rings. The number of ether oxygens (including phenoxy) is 1. The number of nitrogens with one attached hydrogen (secondary N) is 3. The standard InChI is InChI=1S/C13H30N4O3S.HI/c1-6-14-12(15-9-8-10-20-7-2)16-11-13(3,4)17-21(5,18)19;/h17H,6-11H2,1-5H3,(H2,14,15,16);1H. The highest BCUT2D eigenvalue weighted by molar-refractivity contribution is 14.0. The molecule has 0 aromatic heterocycles. The van der Waals surface area contributed by atoms with Gasteiger partial charge < -0.3 is 15.4 Å². The van der Waals surface area contributed by atoms with Crippen molar-refractivity contribution in [2.24, 2.45) is 4.99 Å². The van der Waals surface area contributed by atoms with E-state index in [1.165, 1.54) is 0 Å². The molecule has 0 rings (SSSR count). The van der Waals surface area contributed by atoms with E-state index in [1.54, 1.807) is 13.8 Å². The van der Waals surface area contributed by atoms with Crippen molar-refractivity contribution in [1.82, 2.24) is 15.4 Å². The predicted octanol–water partition coefficient (Wildman–Crippen LogP) is 0.914. The highest BCUT2D eigenvalue weighted by Gasteiger charge is 2.21. The Labute approximate surface area is 152 Å². The van der Waals surface area contributed by atoms with E-state index >= 15 is 0 Å². The fourth-order valence-electron chi connectivity index (χ4n) is 1.68. The Hall–Kier alpha value is -0.130. The van der Waals surface area contributed by atoms with Gasteiger partial charge in [-0.2, -0.15) is 0 Å². The minimum atomic E-state index is -3.25. The minimum Gasteiger partial charge on any atom is -0.382 e. The molecule has 0 aliphatic rings. The summed E-state index contributed by atoms with van der Waals surface area (Å²) >= 11 is 0. The normalized spacial score (nSPS) is 12.7. The third kappa shape index (κ3) is 14.8. The number of rotatable bonds is 10. The maximum Gasteiger partial charge on any atom is 0.209 e. The average Bonchev–Trinajstić information content (AvgIpc) is 2.32. The molecular formula is C13H31IN4O3S. The number of guanidine groups is 1. The zero-order chi connectivity index (χ0) is 16.4. The SMILES string of the molecule is CCNC(=NCC(C)(C)NS(C)(=O)=O)NCCCOCC.I. The topological polar surface area (TPSA) is 91.8 Å². The molecule has 0 amide bonds.